The summed E-state index contributed by atoms with van der Waals surface area (Å²) in [5.41, 5.74) is 0.680. The topological polar surface area (TPSA) is 49.3 Å². The van der Waals surface area contributed by atoms with Crippen molar-refractivity contribution in [1.82, 2.24) is 5.32 Å². The molecule has 0 saturated heterocycles. The molecule has 1 saturated carbocycles. The predicted molar refractivity (Wildman–Crippen MR) is 78.9 cm³/mol. The summed E-state index contributed by atoms with van der Waals surface area (Å²) in [6, 6.07) is 7.91. The standard InChI is InChI=1S/C15H20BrNO2/c1-10(2)13(18)9-17-14(19)15(6-7-15)11-4-3-5-12(16)8-11/h3-5,8,10,13,18H,6-7,9H2,1-2H3,(H,17,19). The lowest BCUT2D eigenvalue weighted by molar-refractivity contribution is -0.124. The zero-order valence-corrected chi connectivity index (χ0v) is 12.9. The smallest absolute Gasteiger partial charge is 0.230 e. The van der Waals surface area contributed by atoms with Gasteiger partial charge in [0.25, 0.3) is 0 Å². The summed E-state index contributed by atoms with van der Waals surface area (Å²) in [4.78, 5) is 12.3. The van der Waals surface area contributed by atoms with E-state index in [4.69, 9.17) is 0 Å². The van der Waals surface area contributed by atoms with E-state index in [1.807, 2.05) is 38.1 Å². The first-order valence-corrected chi connectivity index (χ1v) is 7.47. The molecule has 0 aliphatic heterocycles. The van der Waals surface area contributed by atoms with E-state index in [1.54, 1.807) is 0 Å². The van der Waals surface area contributed by atoms with Gasteiger partial charge in [0.05, 0.1) is 11.5 Å². The summed E-state index contributed by atoms with van der Waals surface area (Å²) in [5, 5.41) is 12.6. The van der Waals surface area contributed by atoms with Gasteiger partial charge in [-0.25, -0.2) is 0 Å². The fourth-order valence-electron chi connectivity index (χ4n) is 2.16. The molecule has 0 spiro atoms. The molecule has 1 aromatic rings. The molecule has 3 nitrogen and oxygen atoms in total. The zero-order chi connectivity index (χ0) is 14.0. The summed E-state index contributed by atoms with van der Waals surface area (Å²) >= 11 is 3.44. The highest BCUT2D eigenvalue weighted by atomic mass is 79.9. The van der Waals surface area contributed by atoms with Crippen LogP contribution in [0, 0.1) is 5.92 Å². The van der Waals surface area contributed by atoms with E-state index in [-0.39, 0.29) is 17.2 Å². The number of halogens is 1. The lowest BCUT2D eigenvalue weighted by atomic mass is 9.95. The predicted octanol–water partition coefficient (Wildman–Crippen LogP) is 2.61. The van der Waals surface area contributed by atoms with Gasteiger partial charge in [0.2, 0.25) is 5.91 Å². The second kappa shape index (κ2) is 5.63. The van der Waals surface area contributed by atoms with Gasteiger partial charge in [0.1, 0.15) is 0 Å². The van der Waals surface area contributed by atoms with Crippen molar-refractivity contribution in [1.29, 1.82) is 0 Å². The molecule has 19 heavy (non-hydrogen) atoms. The third-order valence-corrected chi connectivity index (χ3v) is 4.30. The first-order valence-electron chi connectivity index (χ1n) is 6.68. The van der Waals surface area contributed by atoms with Crippen LogP contribution in [0.15, 0.2) is 28.7 Å². The van der Waals surface area contributed by atoms with Crippen molar-refractivity contribution < 1.29 is 9.90 Å². The number of nitrogens with one attached hydrogen (secondary N) is 1. The van der Waals surface area contributed by atoms with Crippen molar-refractivity contribution in [2.75, 3.05) is 6.54 Å². The summed E-state index contributed by atoms with van der Waals surface area (Å²) < 4.78 is 0.992. The third-order valence-electron chi connectivity index (χ3n) is 3.80. The SMILES string of the molecule is CC(C)C(O)CNC(=O)C1(c2cccc(Br)c2)CC1. The Morgan fingerprint density at radius 3 is 2.68 bits per heavy atom. The lowest BCUT2D eigenvalue weighted by Crippen LogP contribution is -2.40. The number of carbonyl (C=O) groups is 1. The van der Waals surface area contributed by atoms with Gasteiger partial charge in [0, 0.05) is 11.0 Å². The molecule has 1 aromatic carbocycles. The summed E-state index contributed by atoms with van der Waals surface area (Å²) in [6.45, 7) is 4.21. The second-order valence-corrected chi connectivity index (χ2v) is 6.53. The van der Waals surface area contributed by atoms with Gasteiger partial charge in [0.15, 0.2) is 0 Å². The van der Waals surface area contributed by atoms with Crippen molar-refractivity contribution in [2.45, 2.75) is 38.2 Å². The maximum atomic E-state index is 12.3. The van der Waals surface area contributed by atoms with Crippen LogP contribution in [0.5, 0.6) is 0 Å². The molecule has 1 aliphatic carbocycles. The van der Waals surface area contributed by atoms with Gasteiger partial charge in [-0.3, -0.25) is 4.79 Å². The molecule has 104 valence electrons. The van der Waals surface area contributed by atoms with E-state index < -0.39 is 6.10 Å². The van der Waals surface area contributed by atoms with Crippen molar-refractivity contribution in [3.8, 4) is 0 Å². The van der Waals surface area contributed by atoms with E-state index in [2.05, 4.69) is 21.2 Å². The van der Waals surface area contributed by atoms with Crippen LogP contribution in [0.25, 0.3) is 0 Å². The van der Waals surface area contributed by atoms with Crippen LogP contribution >= 0.6 is 15.9 Å². The summed E-state index contributed by atoms with van der Waals surface area (Å²) in [7, 11) is 0. The molecule has 1 amide bonds. The second-order valence-electron chi connectivity index (χ2n) is 5.61. The highest BCUT2D eigenvalue weighted by Crippen LogP contribution is 2.48. The van der Waals surface area contributed by atoms with Crippen molar-refractivity contribution in [3.05, 3.63) is 34.3 Å². The van der Waals surface area contributed by atoms with Crippen LogP contribution in [0.3, 0.4) is 0 Å². The first kappa shape index (κ1) is 14.5. The molecular formula is C15H20BrNO2. The van der Waals surface area contributed by atoms with Gasteiger partial charge in [-0.2, -0.15) is 0 Å². The molecular weight excluding hydrogens is 306 g/mol. The van der Waals surface area contributed by atoms with Crippen LogP contribution in [-0.2, 0) is 10.2 Å². The quantitative estimate of drug-likeness (QED) is 0.874. The molecule has 1 aliphatic rings. The highest BCUT2D eigenvalue weighted by Gasteiger charge is 2.51. The molecule has 0 radical (unpaired) electrons. The first-order chi connectivity index (χ1) is 8.95. The average molecular weight is 326 g/mol. The number of carbonyl (C=O) groups excluding carboxylic acids is 1. The lowest BCUT2D eigenvalue weighted by Gasteiger charge is -2.19. The maximum Gasteiger partial charge on any atom is 0.230 e. The van der Waals surface area contributed by atoms with E-state index >= 15 is 0 Å². The monoisotopic (exact) mass is 325 g/mol. The average Bonchev–Trinajstić information content (AvgIpc) is 3.16. The molecule has 1 unspecified atom stereocenters. The van der Waals surface area contributed by atoms with Crippen LogP contribution in [-0.4, -0.2) is 23.7 Å². The Labute approximate surface area is 122 Å². The Hall–Kier alpha value is -0.870. The van der Waals surface area contributed by atoms with Crippen molar-refractivity contribution >= 4 is 21.8 Å². The summed E-state index contributed by atoms with van der Waals surface area (Å²) in [6.07, 6.45) is 1.28. The zero-order valence-electron chi connectivity index (χ0n) is 11.3. The van der Waals surface area contributed by atoms with Crippen LogP contribution in [0.4, 0.5) is 0 Å². The minimum Gasteiger partial charge on any atom is -0.391 e. The molecule has 0 bridgehead atoms. The highest BCUT2D eigenvalue weighted by molar-refractivity contribution is 9.10. The van der Waals surface area contributed by atoms with Crippen LogP contribution < -0.4 is 5.32 Å². The minimum absolute atomic E-state index is 0.0327. The maximum absolute atomic E-state index is 12.3. The Morgan fingerprint density at radius 2 is 2.16 bits per heavy atom. The molecule has 0 heterocycles. The fraction of sp³-hybridized carbons (Fsp3) is 0.533. The van der Waals surface area contributed by atoms with E-state index in [9.17, 15) is 9.90 Å². The summed E-state index contributed by atoms with van der Waals surface area (Å²) in [5.74, 6) is 0.187. The Morgan fingerprint density at radius 1 is 1.47 bits per heavy atom. The number of rotatable bonds is 5. The molecule has 2 rings (SSSR count). The van der Waals surface area contributed by atoms with Gasteiger partial charge >= 0.3 is 0 Å². The van der Waals surface area contributed by atoms with E-state index in [1.165, 1.54) is 0 Å². The molecule has 0 aromatic heterocycles. The van der Waals surface area contributed by atoms with Crippen LogP contribution in [0.1, 0.15) is 32.3 Å². The Kier molecular flexibility index (Phi) is 4.31. The number of amides is 1. The van der Waals surface area contributed by atoms with Gasteiger partial charge in [-0.1, -0.05) is 41.9 Å². The molecule has 2 N–H and O–H groups in total. The van der Waals surface area contributed by atoms with E-state index in [0.29, 0.717) is 6.54 Å². The number of benzene rings is 1. The number of hydrogen-bond acceptors (Lipinski definition) is 2. The fourth-order valence-corrected chi connectivity index (χ4v) is 2.56. The van der Waals surface area contributed by atoms with Gasteiger partial charge in [-0.05, 0) is 36.5 Å². The van der Waals surface area contributed by atoms with Gasteiger partial charge in [-0.15, -0.1) is 0 Å². The number of hydrogen-bond donors (Lipinski definition) is 2. The number of aliphatic hydroxyl groups excluding tert-OH is 1. The molecule has 1 atom stereocenters. The number of aliphatic hydroxyl groups is 1. The minimum atomic E-state index is -0.484. The van der Waals surface area contributed by atoms with Crippen molar-refractivity contribution in [3.63, 3.8) is 0 Å². The molecule has 4 heteroatoms. The van der Waals surface area contributed by atoms with Crippen molar-refractivity contribution in [2.24, 2.45) is 5.92 Å². The molecule has 1 fully saturated rings. The Bertz CT molecular complexity index is 469. The van der Waals surface area contributed by atoms with E-state index in [0.717, 1.165) is 22.9 Å². The van der Waals surface area contributed by atoms with Crippen LogP contribution in [0.2, 0.25) is 0 Å². The third kappa shape index (κ3) is 3.18. The normalized spacial score (nSPS) is 18.2. The van der Waals surface area contributed by atoms with Gasteiger partial charge < -0.3 is 10.4 Å². The Balaban J connectivity index is 2.03. The largest absolute Gasteiger partial charge is 0.391 e.